The third kappa shape index (κ3) is 4.33. The molecule has 0 radical (unpaired) electrons. The molecule has 0 unspecified atom stereocenters. The van der Waals surface area contributed by atoms with Crippen molar-refractivity contribution in [3.8, 4) is 0 Å². The van der Waals surface area contributed by atoms with Gasteiger partial charge in [0.15, 0.2) is 0 Å². The van der Waals surface area contributed by atoms with Crippen LogP contribution in [0.5, 0.6) is 0 Å². The predicted octanol–water partition coefficient (Wildman–Crippen LogP) is 4.52. The summed E-state index contributed by atoms with van der Waals surface area (Å²) < 4.78 is 0. The van der Waals surface area contributed by atoms with Gasteiger partial charge in [-0.1, -0.05) is 76.5 Å². The van der Waals surface area contributed by atoms with Crippen molar-refractivity contribution in [1.29, 1.82) is 0 Å². The minimum Gasteiger partial charge on any atom is -0.315 e. The van der Waals surface area contributed by atoms with Crippen LogP contribution in [-0.2, 0) is 0 Å². The maximum atomic E-state index is 3.90. The molecule has 2 heterocycles. The fourth-order valence-electron chi connectivity index (χ4n) is 4.43. The molecule has 132 valence electrons. The fourth-order valence-corrected chi connectivity index (χ4v) is 10.4. The molecule has 4 atom stereocenters. The van der Waals surface area contributed by atoms with Gasteiger partial charge in [-0.2, -0.15) is 0 Å². The Morgan fingerprint density at radius 2 is 1.12 bits per heavy atom. The Bertz CT molecular complexity index is 588. The van der Waals surface area contributed by atoms with Gasteiger partial charge in [0, 0.05) is 13.1 Å². The zero-order valence-corrected chi connectivity index (χ0v) is 16.8. The Labute approximate surface area is 155 Å². The van der Waals surface area contributed by atoms with Gasteiger partial charge in [-0.15, -0.1) is 0 Å². The zero-order valence-electron chi connectivity index (χ0n) is 15.0. The second-order valence-corrected chi connectivity index (χ2v) is 12.6. The lowest BCUT2D eigenvalue weighted by atomic mass is 10.2. The summed E-state index contributed by atoms with van der Waals surface area (Å²) >= 11 is 0. The predicted molar refractivity (Wildman–Crippen MR) is 115 cm³/mol. The summed E-state index contributed by atoms with van der Waals surface area (Å²) in [7, 11) is 0.121. The average Bonchev–Trinajstić information content (AvgIpc) is 3.33. The monoisotopic (exact) mass is 369 g/mol. The number of hydrogen-bond acceptors (Lipinski definition) is 1. The smallest absolute Gasteiger partial charge is 0.00222 e. The van der Waals surface area contributed by atoms with Crippen LogP contribution < -0.4 is 15.9 Å². The fraction of sp³-hybridized carbons (Fsp3) is 0.455. The summed E-state index contributed by atoms with van der Waals surface area (Å²) in [5.74, 6) is 0. The molecule has 2 aliphatic rings. The van der Waals surface area contributed by atoms with E-state index in [9.17, 15) is 0 Å². The first-order valence-electron chi connectivity index (χ1n) is 9.76. The summed E-state index contributed by atoms with van der Waals surface area (Å²) in [6.45, 7) is 2.46. The van der Waals surface area contributed by atoms with Crippen molar-refractivity contribution in [1.82, 2.24) is 5.32 Å². The Kier molecular flexibility index (Phi) is 6.19. The molecule has 0 spiro atoms. The van der Waals surface area contributed by atoms with Crippen LogP contribution in [-0.4, -0.2) is 36.7 Å². The van der Waals surface area contributed by atoms with Crippen molar-refractivity contribution in [3.05, 3.63) is 60.7 Å². The van der Waals surface area contributed by atoms with Crippen LogP contribution in [0.15, 0.2) is 60.7 Å². The molecule has 4 rings (SSSR count). The van der Waals surface area contributed by atoms with Crippen molar-refractivity contribution in [3.63, 3.8) is 0 Å². The van der Waals surface area contributed by atoms with E-state index in [-0.39, 0.29) is 15.8 Å². The van der Waals surface area contributed by atoms with E-state index in [2.05, 4.69) is 66.0 Å². The largest absolute Gasteiger partial charge is 0.315 e. The second-order valence-electron chi connectivity index (χ2n) is 7.31. The molecule has 1 N–H and O–H groups in total. The minimum absolute atomic E-state index is 0.0605. The van der Waals surface area contributed by atoms with E-state index in [4.69, 9.17) is 0 Å². The Morgan fingerprint density at radius 1 is 0.680 bits per heavy atom. The van der Waals surface area contributed by atoms with Crippen molar-refractivity contribution in [2.75, 3.05) is 25.4 Å². The molecular weight excluding hydrogens is 340 g/mol. The van der Waals surface area contributed by atoms with E-state index in [1.54, 1.807) is 10.6 Å². The first kappa shape index (κ1) is 17.7. The molecule has 0 saturated carbocycles. The quantitative estimate of drug-likeness (QED) is 0.739. The van der Waals surface area contributed by atoms with Gasteiger partial charge in [0.05, 0.1) is 0 Å². The second kappa shape index (κ2) is 8.77. The first-order chi connectivity index (χ1) is 12.4. The van der Waals surface area contributed by atoms with Gasteiger partial charge in [-0.25, -0.2) is 0 Å². The zero-order chi connectivity index (χ0) is 16.9. The molecule has 2 saturated heterocycles. The normalized spacial score (nSPS) is 29.1. The van der Waals surface area contributed by atoms with Crippen LogP contribution in [0.3, 0.4) is 0 Å². The van der Waals surface area contributed by atoms with Gasteiger partial charge in [0.25, 0.3) is 0 Å². The Balaban J connectivity index is 1.31. The lowest BCUT2D eigenvalue weighted by molar-refractivity contribution is 0.616. The molecule has 0 aliphatic carbocycles. The van der Waals surface area contributed by atoms with Crippen LogP contribution in [0, 0.1) is 0 Å². The third-order valence-electron chi connectivity index (χ3n) is 5.69. The molecule has 3 heteroatoms. The number of hydrogen-bond donors (Lipinski definition) is 1. The summed E-state index contributed by atoms with van der Waals surface area (Å²) in [4.78, 5) is 0. The van der Waals surface area contributed by atoms with Crippen molar-refractivity contribution in [2.24, 2.45) is 0 Å². The Morgan fingerprint density at radius 3 is 1.56 bits per heavy atom. The molecule has 0 bridgehead atoms. The Hall–Kier alpha value is -0.740. The van der Waals surface area contributed by atoms with E-state index in [0.29, 0.717) is 0 Å². The molecule has 2 fully saturated rings. The molecule has 2 aromatic carbocycles. The summed E-state index contributed by atoms with van der Waals surface area (Å²) in [5.41, 5.74) is 1.78. The third-order valence-corrected chi connectivity index (χ3v) is 11.9. The van der Waals surface area contributed by atoms with E-state index in [1.165, 1.54) is 51.1 Å². The van der Waals surface area contributed by atoms with E-state index >= 15 is 0 Å². The van der Waals surface area contributed by atoms with Gasteiger partial charge in [0.2, 0.25) is 0 Å². The molecule has 2 aliphatic heterocycles. The van der Waals surface area contributed by atoms with E-state index in [0.717, 1.165) is 11.3 Å². The maximum absolute atomic E-state index is 3.90. The van der Waals surface area contributed by atoms with Gasteiger partial charge >= 0.3 is 0 Å². The van der Waals surface area contributed by atoms with E-state index < -0.39 is 0 Å². The average molecular weight is 369 g/mol. The van der Waals surface area contributed by atoms with Crippen molar-refractivity contribution in [2.45, 2.75) is 37.0 Å². The van der Waals surface area contributed by atoms with Crippen LogP contribution >= 0.6 is 15.8 Å². The van der Waals surface area contributed by atoms with Crippen LogP contribution in [0.25, 0.3) is 0 Å². The molecular formula is C22H29NP2. The molecule has 0 aromatic heterocycles. The standard InChI is InChI=1S/C22H29NP2/c1-3-9-19(10-4-1)24-15-7-13-21(24)17-23-18-22-14-8-16-25(22)20-11-5-2-6-12-20/h1-6,9-12,21-23H,7-8,13-18H2/t21-,22-,24-,25-/m1/s1. The van der Waals surface area contributed by atoms with Gasteiger partial charge in [0.1, 0.15) is 0 Å². The first-order valence-corrected chi connectivity index (χ1v) is 12.9. The highest BCUT2D eigenvalue weighted by Gasteiger charge is 2.30. The minimum atomic E-state index is 0.0605. The lowest BCUT2D eigenvalue weighted by Gasteiger charge is -2.24. The maximum Gasteiger partial charge on any atom is 0.00222 e. The number of nitrogens with one attached hydrogen (secondary N) is 1. The van der Waals surface area contributed by atoms with Crippen molar-refractivity contribution >= 4 is 26.5 Å². The molecule has 0 amide bonds. The highest BCUT2D eigenvalue weighted by atomic mass is 31.1. The van der Waals surface area contributed by atoms with Crippen LogP contribution in [0.4, 0.5) is 0 Å². The summed E-state index contributed by atoms with van der Waals surface area (Å²) in [6, 6.07) is 22.6. The van der Waals surface area contributed by atoms with Gasteiger partial charge in [-0.05, 0) is 59.9 Å². The molecule has 1 nitrogen and oxygen atoms in total. The number of rotatable bonds is 6. The summed E-state index contributed by atoms with van der Waals surface area (Å²) in [5, 5.41) is 7.14. The highest BCUT2D eigenvalue weighted by Crippen LogP contribution is 2.50. The SMILES string of the molecule is c1ccc([P@@]2CCC[C@@H]2CNC[C@H]2CCC[P@]2c2ccccc2)cc1. The van der Waals surface area contributed by atoms with Gasteiger partial charge < -0.3 is 5.32 Å². The van der Waals surface area contributed by atoms with Gasteiger partial charge in [-0.3, -0.25) is 0 Å². The molecule has 2 aromatic rings. The van der Waals surface area contributed by atoms with Crippen LogP contribution in [0.1, 0.15) is 25.7 Å². The van der Waals surface area contributed by atoms with Crippen LogP contribution in [0.2, 0.25) is 0 Å². The lowest BCUT2D eigenvalue weighted by Crippen LogP contribution is -2.32. The highest BCUT2D eigenvalue weighted by molar-refractivity contribution is 7.67. The summed E-state index contributed by atoms with van der Waals surface area (Å²) in [6.07, 6.45) is 8.56. The topological polar surface area (TPSA) is 12.0 Å². The number of benzene rings is 2. The molecule has 25 heavy (non-hydrogen) atoms. The van der Waals surface area contributed by atoms with Crippen molar-refractivity contribution < 1.29 is 0 Å². The van der Waals surface area contributed by atoms with E-state index in [1.807, 2.05) is 0 Å².